The number of aryl methyl sites for hydroxylation is 4. The van der Waals surface area contributed by atoms with Crippen LogP contribution in [0.5, 0.6) is 0 Å². The first-order chi connectivity index (χ1) is 14.3. The quantitative estimate of drug-likeness (QED) is 0.683. The van der Waals surface area contributed by atoms with E-state index in [0.717, 1.165) is 41.2 Å². The summed E-state index contributed by atoms with van der Waals surface area (Å²) < 4.78 is 1.74. The molecule has 0 saturated heterocycles. The zero-order valence-electron chi connectivity index (χ0n) is 18.4. The molecule has 6 nitrogen and oxygen atoms in total. The Hall–Kier alpha value is -3.02. The van der Waals surface area contributed by atoms with Crippen LogP contribution in [0.15, 0.2) is 30.3 Å². The summed E-state index contributed by atoms with van der Waals surface area (Å²) in [7, 11) is 0. The summed E-state index contributed by atoms with van der Waals surface area (Å²) in [6.45, 7) is 10.6. The number of rotatable bonds is 6. The number of benzene rings is 1. The van der Waals surface area contributed by atoms with Crippen molar-refractivity contribution >= 4 is 5.91 Å². The van der Waals surface area contributed by atoms with E-state index in [1.54, 1.807) is 4.68 Å². The SMILES string of the molecule is Cc1cc(C)nc(-n2nc(C)c(CC(=O)NCC3(c4ccccc4C)CC3)c2C)n1. The van der Waals surface area contributed by atoms with Gasteiger partial charge in [-0.25, -0.2) is 14.6 Å². The van der Waals surface area contributed by atoms with Crippen LogP contribution in [-0.2, 0) is 16.6 Å². The van der Waals surface area contributed by atoms with E-state index in [2.05, 4.69) is 51.6 Å². The van der Waals surface area contributed by atoms with Gasteiger partial charge in [0.2, 0.25) is 5.91 Å². The minimum absolute atomic E-state index is 0.0296. The highest BCUT2D eigenvalue weighted by Crippen LogP contribution is 2.48. The third-order valence-corrected chi connectivity index (χ3v) is 6.13. The fraction of sp³-hybridized carbons (Fsp3) is 0.417. The summed E-state index contributed by atoms with van der Waals surface area (Å²) in [5.41, 5.74) is 7.24. The van der Waals surface area contributed by atoms with Crippen LogP contribution >= 0.6 is 0 Å². The van der Waals surface area contributed by atoms with E-state index >= 15 is 0 Å². The molecule has 1 amide bonds. The molecule has 0 atom stereocenters. The molecule has 0 radical (unpaired) electrons. The molecule has 0 spiro atoms. The Kier molecular flexibility index (Phi) is 5.18. The van der Waals surface area contributed by atoms with Gasteiger partial charge < -0.3 is 5.32 Å². The van der Waals surface area contributed by atoms with Gasteiger partial charge in [0.1, 0.15) is 0 Å². The molecule has 156 valence electrons. The first-order valence-electron chi connectivity index (χ1n) is 10.5. The zero-order valence-corrected chi connectivity index (χ0v) is 18.4. The first-order valence-corrected chi connectivity index (χ1v) is 10.5. The molecule has 1 N–H and O–H groups in total. The lowest BCUT2D eigenvalue weighted by Gasteiger charge is -2.19. The smallest absolute Gasteiger partial charge is 0.251 e. The van der Waals surface area contributed by atoms with Gasteiger partial charge in [0.15, 0.2) is 0 Å². The number of amides is 1. The summed E-state index contributed by atoms with van der Waals surface area (Å²) in [5, 5.41) is 7.78. The van der Waals surface area contributed by atoms with E-state index in [0.29, 0.717) is 18.9 Å². The number of carbonyl (C=O) groups excluding carboxylic acids is 1. The van der Waals surface area contributed by atoms with Crippen LogP contribution in [0.25, 0.3) is 5.95 Å². The molecule has 4 rings (SSSR count). The molecule has 0 bridgehead atoms. The van der Waals surface area contributed by atoms with Crippen molar-refractivity contribution in [2.45, 2.75) is 59.3 Å². The van der Waals surface area contributed by atoms with Crippen molar-refractivity contribution in [3.8, 4) is 5.95 Å². The molecule has 1 saturated carbocycles. The van der Waals surface area contributed by atoms with Crippen LogP contribution in [0.3, 0.4) is 0 Å². The fourth-order valence-corrected chi connectivity index (χ4v) is 4.28. The second-order valence-electron chi connectivity index (χ2n) is 8.56. The maximum atomic E-state index is 12.8. The predicted molar refractivity (Wildman–Crippen MR) is 117 cm³/mol. The second kappa shape index (κ2) is 7.67. The summed E-state index contributed by atoms with van der Waals surface area (Å²) in [4.78, 5) is 21.8. The number of hydrogen-bond donors (Lipinski definition) is 1. The third-order valence-electron chi connectivity index (χ3n) is 6.13. The van der Waals surface area contributed by atoms with Gasteiger partial charge in [0, 0.05) is 34.6 Å². The molecular weight excluding hydrogens is 374 g/mol. The third kappa shape index (κ3) is 3.86. The molecule has 2 aromatic heterocycles. The second-order valence-corrected chi connectivity index (χ2v) is 8.56. The van der Waals surface area contributed by atoms with Crippen LogP contribution < -0.4 is 5.32 Å². The van der Waals surface area contributed by atoms with Gasteiger partial charge in [-0.15, -0.1) is 0 Å². The number of nitrogens with one attached hydrogen (secondary N) is 1. The van der Waals surface area contributed by atoms with E-state index in [1.165, 1.54) is 11.1 Å². The Labute approximate surface area is 177 Å². The van der Waals surface area contributed by atoms with Gasteiger partial charge in [-0.2, -0.15) is 5.10 Å². The Morgan fingerprint density at radius 1 is 1.07 bits per heavy atom. The zero-order chi connectivity index (χ0) is 21.5. The highest BCUT2D eigenvalue weighted by atomic mass is 16.1. The Morgan fingerprint density at radius 2 is 1.73 bits per heavy atom. The minimum Gasteiger partial charge on any atom is -0.355 e. The molecule has 30 heavy (non-hydrogen) atoms. The summed E-state index contributed by atoms with van der Waals surface area (Å²) >= 11 is 0. The number of aromatic nitrogens is 4. The van der Waals surface area contributed by atoms with E-state index in [9.17, 15) is 4.79 Å². The van der Waals surface area contributed by atoms with E-state index in [-0.39, 0.29) is 11.3 Å². The fourth-order valence-electron chi connectivity index (χ4n) is 4.28. The lowest BCUT2D eigenvalue weighted by Crippen LogP contribution is -2.33. The molecular formula is C24H29N5O. The predicted octanol–water partition coefficient (Wildman–Crippen LogP) is 3.59. The van der Waals surface area contributed by atoms with Crippen LogP contribution in [-0.4, -0.2) is 32.2 Å². The van der Waals surface area contributed by atoms with Crippen molar-refractivity contribution in [3.63, 3.8) is 0 Å². The normalized spacial score (nSPS) is 14.6. The number of hydrogen-bond acceptors (Lipinski definition) is 4. The summed E-state index contributed by atoms with van der Waals surface area (Å²) in [6, 6.07) is 10.4. The lowest BCUT2D eigenvalue weighted by atomic mass is 9.92. The first kappa shape index (κ1) is 20.3. The van der Waals surface area contributed by atoms with Crippen molar-refractivity contribution < 1.29 is 4.79 Å². The lowest BCUT2D eigenvalue weighted by molar-refractivity contribution is -0.120. The summed E-state index contributed by atoms with van der Waals surface area (Å²) in [6.07, 6.45) is 2.56. The Bertz CT molecular complexity index is 1090. The van der Waals surface area contributed by atoms with E-state index in [1.807, 2.05) is 33.8 Å². The monoisotopic (exact) mass is 403 g/mol. The standard InChI is InChI=1S/C24H29N5O/c1-15-8-6-7-9-21(15)24(10-11-24)14-25-22(30)13-20-18(4)28-29(19(20)5)23-26-16(2)12-17(3)27-23/h6-9,12H,10-11,13-14H2,1-5H3,(H,25,30). The van der Waals surface area contributed by atoms with Crippen molar-refractivity contribution in [1.29, 1.82) is 0 Å². The molecule has 2 heterocycles. The molecule has 1 aliphatic carbocycles. The van der Waals surface area contributed by atoms with Crippen LogP contribution in [0.1, 0.15) is 52.3 Å². The maximum Gasteiger partial charge on any atom is 0.251 e. The highest BCUT2D eigenvalue weighted by Gasteiger charge is 2.45. The van der Waals surface area contributed by atoms with Crippen LogP contribution in [0, 0.1) is 34.6 Å². The van der Waals surface area contributed by atoms with Gasteiger partial charge in [-0.3, -0.25) is 4.79 Å². The van der Waals surface area contributed by atoms with Gasteiger partial charge in [-0.05, 0) is 64.7 Å². The molecule has 1 fully saturated rings. The minimum atomic E-state index is 0.0296. The molecule has 1 aliphatic rings. The average Bonchev–Trinajstić information content (AvgIpc) is 3.43. The molecule has 6 heteroatoms. The molecule has 1 aromatic carbocycles. The van der Waals surface area contributed by atoms with Crippen molar-refractivity contribution in [3.05, 3.63) is 69.8 Å². The molecule has 0 aliphatic heterocycles. The molecule has 0 unspecified atom stereocenters. The van der Waals surface area contributed by atoms with Gasteiger partial charge >= 0.3 is 0 Å². The average molecular weight is 404 g/mol. The van der Waals surface area contributed by atoms with Crippen LogP contribution in [0.2, 0.25) is 0 Å². The summed E-state index contributed by atoms with van der Waals surface area (Å²) in [5.74, 6) is 0.582. The van der Waals surface area contributed by atoms with Crippen molar-refractivity contribution in [2.75, 3.05) is 6.54 Å². The van der Waals surface area contributed by atoms with E-state index < -0.39 is 0 Å². The molecule has 3 aromatic rings. The van der Waals surface area contributed by atoms with E-state index in [4.69, 9.17) is 0 Å². The van der Waals surface area contributed by atoms with Gasteiger partial charge in [0.05, 0.1) is 12.1 Å². The maximum absolute atomic E-state index is 12.8. The van der Waals surface area contributed by atoms with Gasteiger partial charge in [0.25, 0.3) is 5.95 Å². The largest absolute Gasteiger partial charge is 0.355 e. The number of carbonyl (C=O) groups is 1. The Morgan fingerprint density at radius 3 is 2.37 bits per heavy atom. The van der Waals surface area contributed by atoms with Crippen molar-refractivity contribution in [1.82, 2.24) is 25.1 Å². The highest BCUT2D eigenvalue weighted by molar-refractivity contribution is 5.79. The van der Waals surface area contributed by atoms with Gasteiger partial charge in [-0.1, -0.05) is 24.3 Å². The van der Waals surface area contributed by atoms with Crippen molar-refractivity contribution in [2.24, 2.45) is 0 Å². The van der Waals surface area contributed by atoms with Crippen LogP contribution in [0.4, 0.5) is 0 Å². The number of nitrogens with zero attached hydrogens (tertiary/aromatic N) is 4. The Balaban J connectivity index is 1.48. The topological polar surface area (TPSA) is 72.7 Å².